The molecule has 0 radical (unpaired) electrons. The number of aliphatic hydroxyl groups is 1. The topological polar surface area (TPSA) is 75.5 Å². The van der Waals surface area contributed by atoms with E-state index in [-0.39, 0.29) is 0 Å². The molecule has 0 spiro atoms. The molecule has 0 aromatic carbocycles. The largest absolute Gasteiger partial charge is 0.467 e. The van der Waals surface area contributed by atoms with Gasteiger partial charge in [0, 0.05) is 19.4 Å². The van der Waals surface area contributed by atoms with Crippen LogP contribution in [0.5, 0.6) is 0 Å². The van der Waals surface area contributed by atoms with E-state index in [9.17, 15) is 5.11 Å². The molecule has 2 unspecified atom stereocenters. The van der Waals surface area contributed by atoms with E-state index in [0.717, 1.165) is 38.8 Å². The van der Waals surface area contributed by atoms with Gasteiger partial charge in [-0.05, 0) is 50.9 Å². The minimum absolute atomic E-state index is 0.421. The number of aliphatic hydroxyl groups excluding tert-OH is 1. The second kappa shape index (κ2) is 7.07. The molecule has 1 saturated heterocycles. The van der Waals surface area contributed by atoms with Gasteiger partial charge in [-0.3, -0.25) is 0 Å². The first kappa shape index (κ1) is 15.2. The van der Waals surface area contributed by atoms with Crippen LogP contribution in [0.1, 0.15) is 49.3 Å². The molecule has 2 atom stereocenters. The Morgan fingerprint density at radius 2 is 2.36 bits per heavy atom. The molecule has 3 rings (SSSR count). The van der Waals surface area contributed by atoms with Crippen molar-refractivity contribution >= 4 is 0 Å². The Morgan fingerprint density at radius 3 is 3.09 bits per heavy atom. The second-order valence-corrected chi connectivity index (χ2v) is 5.92. The number of aryl methyl sites for hydroxylation is 2. The molecular formula is C16H23N3O3. The zero-order valence-corrected chi connectivity index (χ0v) is 12.9. The molecule has 6 heteroatoms. The van der Waals surface area contributed by atoms with E-state index in [1.807, 2.05) is 19.1 Å². The van der Waals surface area contributed by atoms with Crippen LogP contribution in [0.3, 0.4) is 0 Å². The number of hydrogen-bond acceptors (Lipinski definition) is 6. The van der Waals surface area contributed by atoms with E-state index in [2.05, 4.69) is 15.1 Å². The molecule has 0 bridgehead atoms. The van der Waals surface area contributed by atoms with Crippen LogP contribution in [-0.4, -0.2) is 39.3 Å². The van der Waals surface area contributed by atoms with Gasteiger partial charge < -0.3 is 18.8 Å². The van der Waals surface area contributed by atoms with Crippen LogP contribution >= 0.6 is 0 Å². The van der Waals surface area contributed by atoms with Crippen molar-refractivity contribution in [3.05, 3.63) is 35.9 Å². The van der Waals surface area contributed by atoms with Crippen molar-refractivity contribution in [2.75, 3.05) is 13.1 Å². The standard InChI is InChI=1S/C16H23N3O3/c1-12-17-18-16(22-12)7-3-9-19-8-2-5-13(19)11-14(20)15-6-4-10-21-15/h4,6,10,13-14,20H,2-3,5,7-9,11H2,1H3. The molecule has 2 aromatic heterocycles. The Kier molecular flexibility index (Phi) is 4.90. The molecule has 1 aliphatic rings. The summed E-state index contributed by atoms with van der Waals surface area (Å²) in [5, 5.41) is 18.1. The van der Waals surface area contributed by atoms with Crippen molar-refractivity contribution in [3.8, 4) is 0 Å². The molecule has 22 heavy (non-hydrogen) atoms. The highest BCUT2D eigenvalue weighted by Gasteiger charge is 2.27. The fourth-order valence-corrected chi connectivity index (χ4v) is 3.18. The molecule has 0 saturated carbocycles. The van der Waals surface area contributed by atoms with Gasteiger partial charge in [0.2, 0.25) is 11.8 Å². The maximum atomic E-state index is 10.2. The molecule has 2 aromatic rings. The molecule has 0 aliphatic carbocycles. The third-order valence-corrected chi connectivity index (χ3v) is 4.27. The molecule has 0 amide bonds. The van der Waals surface area contributed by atoms with E-state index in [1.165, 1.54) is 6.42 Å². The highest BCUT2D eigenvalue weighted by Crippen LogP contribution is 2.27. The number of furan rings is 1. The van der Waals surface area contributed by atoms with Gasteiger partial charge in [0.25, 0.3) is 0 Å². The summed E-state index contributed by atoms with van der Waals surface area (Å²) in [7, 11) is 0. The molecule has 1 N–H and O–H groups in total. The summed E-state index contributed by atoms with van der Waals surface area (Å²) < 4.78 is 10.7. The first-order chi connectivity index (χ1) is 10.7. The number of aromatic nitrogens is 2. The fourth-order valence-electron chi connectivity index (χ4n) is 3.18. The van der Waals surface area contributed by atoms with Crippen molar-refractivity contribution < 1.29 is 13.9 Å². The molecule has 3 heterocycles. The highest BCUT2D eigenvalue weighted by molar-refractivity contribution is 5.02. The summed E-state index contributed by atoms with van der Waals surface area (Å²) >= 11 is 0. The average Bonchev–Trinajstić information content (AvgIpc) is 3.22. The van der Waals surface area contributed by atoms with Gasteiger partial charge >= 0.3 is 0 Å². The zero-order chi connectivity index (χ0) is 15.4. The monoisotopic (exact) mass is 305 g/mol. The lowest BCUT2D eigenvalue weighted by Gasteiger charge is -2.25. The van der Waals surface area contributed by atoms with Crippen molar-refractivity contribution in [1.29, 1.82) is 0 Å². The second-order valence-electron chi connectivity index (χ2n) is 5.92. The third kappa shape index (κ3) is 3.75. The summed E-state index contributed by atoms with van der Waals surface area (Å²) in [5.74, 6) is 1.99. The van der Waals surface area contributed by atoms with E-state index in [0.29, 0.717) is 23.6 Å². The lowest BCUT2D eigenvalue weighted by molar-refractivity contribution is 0.101. The van der Waals surface area contributed by atoms with Crippen LogP contribution in [0.4, 0.5) is 0 Å². The third-order valence-electron chi connectivity index (χ3n) is 4.27. The quantitative estimate of drug-likeness (QED) is 0.847. The summed E-state index contributed by atoms with van der Waals surface area (Å²) in [6, 6.07) is 4.07. The van der Waals surface area contributed by atoms with Gasteiger partial charge in [-0.25, -0.2) is 0 Å². The van der Waals surface area contributed by atoms with Crippen LogP contribution in [0.15, 0.2) is 27.2 Å². The van der Waals surface area contributed by atoms with Crippen molar-refractivity contribution in [3.63, 3.8) is 0 Å². The summed E-state index contributed by atoms with van der Waals surface area (Å²) in [6.07, 6.45) is 5.95. The number of nitrogens with zero attached hydrogens (tertiary/aromatic N) is 3. The van der Waals surface area contributed by atoms with Gasteiger partial charge in [-0.2, -0.15) is 0 Å². The SMILES string of the molecule is Cc1nnc(CCCN2CCCC2CC(O)c2ccco2)o1. The van der Waals surface area contributed by atoms with Crippen LogP contribution in [0.2, 0.25) is 0 Å². The number of hydrogen-bond donors (Lipinski definition) is 1. The van der Waals surface area contributed by atoms with Gasteiger partial charge in [0.05, 0.1) is 6.26 Å². The summed E-state index contributed by atoms with van der Waals surface area (Å²) in [4.78, 5) is 2.45. The Morgan fingerprint density at radius 1 is 1.45 bits per heavy atom. The number of likely N-dealkylation sites (tertiary alicyclic amines) is 1. The minimum atomic E-state index is -0.515. The Bertz CT molecular complexity index is 567. The molecule has 120 valence electrons. The van der Waals surface area contributed by atoms with Crippen LogP contribution in [-0.2, 0) is 6.42 Å². The Hall–Kier alpha value is -1.66. The van der Waals surface area contributed by atoms with E-state index in [1.54, 1.807) is 6.26 Å². The van der Waals surface area contributed by atoms with E-state index < -0.39 is 6.10 Å². The average molecular weight is 305 g/mol. The van der Waals surface area contributed by atoms with Gasteiger partial charge in [-0.15, -0.1) is 10.2 Å². The molecule has 1 fully saturated rings. The van der Waals surface area contributed by atoms with Crippen molar-refractivity contribution in [1.82, 2.24) is 15.1 Å². The minimum Gasteiger partial charge on any atom is -0.467 e. The first-order valence-electron chi connectivity index (χ1n) is 7.97. The van der Waals surface area contributed by atoms with Crippen molar-refractivity contribution in [2.45, 2.75) is 51.2 Å². The zero-order valence-electron chi connectivity index (χ0n) is 12.9. The number of rotatable bonds is 7. The van der Waals surface area contributed by atoms with E-state index >= 15 is 0 Å². The first-order valence-corrected chi connectivity index (χ1v) is 7.97. The van der Waals surface area contributed by atoms with Crippen LogP contribution < -0.4 is 0 Å². The van der Waals surface area contributed by atoms with Crippen LogP contribution in [0.25, 0.3) is 0 Å². The fraction of sp³-hybridized carbons (Fsp3) is 0.625. The maximum Gasteiger partial charge on any atom is 0.216 e. The lowest BCUT2D eigenvalue weighted by Crippen LogP contribution is -2.32. The summed E-state index contributed by atoms with van der Waals surface area (Å²) in [6.45, 7) is 3.90. The highest BCUT2D eigenvalue weighted by atomic mass is 16.4. The lowest BCUT2D eigenvalue weighted by atomic mass is 10.0. The smallest absolute Gasteiger partial charge is 0.216 e. The predicted molar refractivity (Wildman–Crippen MR) is 80.2 cm³/mol. The Labute approximate surface area is 130 Å². The molecule has 6 nitrogen and oxygen atoms in total. The van der Waals surface area contributed by atoms with Crippen LogP contribution in [0, 0.1) is 6.92 Å². The summed E-state index contributed by atoms with van der Waals surface area (Å²) in [5.41, 5.74) is 0. The molecular weight excluding hydrogens is 282 g/mol. The predicted octanol–water partition coefficient (Wildman–Crippen LogP) is 2.49. The Balaban J connectivity index is 1.46. The van der Waals surface area contributed by atoms with Crippen molar-refractivity contribution in [2.24, 2.45) is 0 Å². The normalized spacial score (nSPS) is 20.5. The van der Waals surface area contributed by atoms with Gasteiger partial charge in [-0.1, -0.05) is 0 Å². The van der Waals surface area contributed by atoms with Gasteiger partial charge in [0.1, 0.15) is 11.9 Å². The molecule has 1 aliphatic heterocycles. The maximum absolute atomic E-state index is 10.2. The van der Waals surface area contributed by atoms with E-state index in [4.69, 9.17) is 8.83 Å². The van der Waals surface area contributed by atoms with Gasteiger partial charge in [0.15, 0.2) is 0 Å².